The largest absolute Gasteiger partial charge is 0.353 e. The molecule has 0 radical (unpaired) electrons. The second-order valence-electron chi connectivity index (χ2n) is 8.35. The molecule has 3 heterocycles. The van der Waals surface area contributed by atoms with Crippen LogP contribution in [-0.4, -0.2) is 52.9 Å². The SMILES string of the molecule is CC.CN(C)CCNC(=O)c1ccc(-c2cccc3[nH]c4cnc(-c5cccnc5)cc4c23)cc1. The Bertz CT molecular complexity index is 1420. The van der Waals surface area contributed by atoms with Crippen LogP contribution in [0.2, 0.25) is 0 Å². The highest BCUT2D eigenvalue weighted by atomic mass is 16.1. The highest BCUT2D eigenvalue weighted by Gasteiger charge is 2.13. The highest BCUT2D eigenvalue weighted by Crippen LogP contribution is 2.35. The van der Waals surface area contributed by atoms with Crippen molar-refractivity contribution < 1.29 is 4.79 Å². The fraction of sp³-hybridized carbons (Fsp3) is 0.207. The fourth-order valence-electron chi connectivity index (χ4n) is 4.06. The second kappa shape index (κ2) is 10.9. The number of nitrogens with zero attached hydrogens (tertiary/aromatic N) is 3. The molecule has 6 heteroatoms. The molecule has 2 aromatic carbocycles. The van der Waals surface area contributed by atoms with Gasteiger partial charge in [-0.15, -0.1) is 0 Å². The molecular weight excluding hydrogens is 434 g/mol. The third kappa shape index (κ3) is 5.23. The van der Waals surface area contributed by atoms with Gasteiger partial charge in [0.15, 0.2) is 0 Å². The molecule has 0 saturated heterocycles. The summed E-state index contributed by atoms with van der Waals surface area (Å²) in [6, 6.07) is 20.1. The summed E-state index contributed by atoms with van der Waals surface area (Å²) in [7, 11) is 3.98. The van der Waals surface area contributed by atoms with Gasteiger partial charge in [-0.25, -0.2) is 0 Å². The number of aromatic amines is 1. The molecule has 35 heavy (non-hydrogen) atoms. The van der Waals surface area contributed by atoms with Crippen LogP contribution in [0.1, 0.15) is 24.2 Å². The van der Waals surface area contributed by atoms with Gasteiger partial charge >= 0.3 is 0 Å². The van der Waals surface area contributed by atoms with E-state index in [2.05, 4.69) is 38.5 Å². The quantitative estimate of drug-likeness (QED) is 0.334. The Hall–Kier alpha value is -4.03. The molecule has 0 atom stereocenters. The summed E-state index contributed by atoms with van der Waals surface area (Å²) in [4.78, 5) is 26.8. The first-order chi connectivity index (χ1) is 17.1. The Balaban J connectivity index is 0.00000141. The van der Waals surface area contributed by atoms with Crippen LogP contribution >= 0.6 is 0 Å². The zero-order valence-electron chi connectivity index (χ0n) is 20.7. The summed E-state index contributed by atoms with van der Waals surface area (Å²) in [6.45, 7) is 5.43. The summed E-state index contributed by atoms with van der Waals surface area (Å²) in [6.07, 6.45) is 5.47. The van der Waals surface area contributed by atoms with E-state index in [-0.39, 0.29) is 5.91 Å². The number of nitrogens with one attached hydrogen (secondary N) is 2. The maximum absolute atomic E-state index is 12.4. The minimum Gasteiger partial charge on any atom is -0.353 e. The number of pyridine rings is 2. The molecule has 0 aliphatic heterocycles. The third-order valence-corrected chi connectivity index (χ3v) is 5.77. The lowest BCUT2D eigenvalue weighted by Crippen LogP contribution is -2.31. The molecule has 5 rings (SSSR count). The first-order valence-electron chi connectivity index (χ1n) is 11.9. The van der Waals surface area contributed by atoms with Crippen LogP contribution in [0.3, 0.4) is 0 Å². The maximum atomic E-state index is 12.4. The maximum Gasteiger partial charge on any atom is 0.251 e. The molecule has 0 spiro atoms. The number of carbonyl (C=O) groups excluding carboxylic acids is 1. The van der Waals surface area contributed by atoms with Gasteiger partial charge in [0.25, 0.3) is 5.91 Å². The first-order valence-corrected chi connectivity index (χ1v) is 11.9. The average molecular weight is 466 g/mol. The molecule has 2 N–H and O–H groups in total. The molecule has 0 aliphatic rings. The van der Waals surface area contributed by atoms with E-state index in [0.717, 1.165) is 50.7 Å². The predicted molar refractivity (Wildman–Crippen MR) is 145 cm³/mol. The number of likely N-dealkylation sites (N-methyl/N-ethyl adjacent to an activating group) is 1. The Kier molecular flexibility index (Phi) is 7.53. The van der Waals surface area contributed by atoms with E-state index in [1.54, 1.807) is 6.20 Å². The van der Waals surface area contributed by atoms with Crippen molar-refractivity contribution in [2.75, 3.05) is 27.2 Å². The van der Waals surface area contributed by atoms with Gasteiger partial charge in [0.2, 0.25) is 0 Å². The second-order valence-corrected chi connectivity index (χ2v) is 8.35. The number of amides is 1. The lowest BCUT2D eigenvalue weighted by molar-refractivity contribution is 0.0951. The third-order valence-electron chi connectivity index (χ3n) is 5.77. The number of hydrogen-bond acceptors (Lipinski definition) is 4. The number of H-pyrrole nitrogens is 1. The van der Waals surface area contributed by atoms with E-state index in [1.165, 1.54) is 0 Å². The van der Waals surface area contributed by atoms with E-state index >= 15 is 0 Å². The molecule has 6 nitrogen and oxygen atoms in total. The van der Waals surface area contributed by atoms with Crippen molar-refractivity contribution in [1.29, 1.82) is 0 Å². The average Bonchev–Trinajstić information content (AvgIpc) is 3.28. The van der Waals surface area contributed by atoms with Gasteiger partial charge in [-0.3, -0.25) is 14.8 Å². The summed E-state index contributed by atoms with van der Waals surface area (Å²) >= 11 is 0. The van der Waals surface area contributed by atoms with Crippen molar-refractivity contribution in [2.24, 2.45) is 0 Å². The molecule has 5 aromatic rings. The number of aromatic nitrogens is 3. The zero-order chi connectivity index (χ0) is 24.8. The fourth-order valence-corrected chi connectivity index (χ4v) is 4.06. The van der Waals surface area contributed by atoms with E-state index in [0.29, 0.717) is 12.1 Å². The van der Waals surface area contributed by atoms with Crippen LogP contribution < -0.4 is 5.32 Å². The molecule has 3 aromatic heterocycles. The van der Waals surface area contributed by atoms with Crippen molar-refractivity contribution in [2.45, 2.75) is 13.8 Å². The van der Waals surface area contributed by atoms with Crippen molar-refractivity contribution >= 4 is 27.7 Å². The lowest BCUT2D eigenvalue weighted by atomic mass is 9.98. The summed E-state index contributed by atoms with van der Waals surface area (Å²) < 4.78 is 0. The molecule has 0 fully saturated rings. The highest BCUT2D eigenvalue weighted by molar-refractivity contribution is 6.14. The molecule has 1 amide bonds. The first kappa shape index (κ1) is 24.1. The van der Waals surface area contributed by atoms with E-state index in [9.17, 15) is 4.79 Å². The lowest BCUT2D eigenvalue weighted by Gasteiger charge is -2.11. The van der Waals surface area contributed by atoms with Crippen LogP contribution in [0.15, 0.2) is 79.3 Å². The number of benzene rings is 2. The summed E-state index contributed by atoms with van der Waals surface area (Å²) in [5.74, 6) is -0.0547. The minimum atomic E-state index is -0.0547. The van der Waals surface area contributed by atoms with Crippen LogP contribution in [-0.2, 0) is 0 Å². The van der Waals surface area contributed by atoms with Crippen molar-refractivity contribution in [1.82, 2.24) is 25.2 Å². The Morgan fingerprint density at radius 2 is 1.74 bits per heavy atom. The number of carbonyl (C=O) groups is 1. The van der Waals surface area contributed by atoms with Gasteiger partial charge in [0, 0.05) is 52.9 Å². The Labute approximate surface area is 206 Å². The van der Waals surface area contributed by atoms with Gasteiger partial charge in [0.05, 0.1) is 17.4 Å². The van der Waals surface area contributed by atoms with Gasteiger partial charge in [-0.1, -0.05) is 38.1 Å². The zero-order valence-corrected chi connectivity index (χ0v) is 20.7. The molecule has 178 valence electrons. The molecule has 0 aliphatic carbocycles. The molecular formula is C29H31N5O. The Morgan fingerprint density at radius 3 is 2.46 bits per heavy atom. The van der Waals surface area contributed by atoms with E-state index in [1.807, 2.05) is 87.7 Å². The molecule has 0 unspecified atom stereocenters. The topological polar surface area (TPSA) is 73.9 Å². The number of fused-ring (bicyclic) bond motifs is 3. The van der Waals surface area contributed by atoms with Gasteiger partial charge in [0.1, 0.15) is 0 Å². The van der Waals surface area contributed by atoms with Gasteiger partial charge in [-0.05, 0) is 61.6 Å². The summed E-state index contributed by atoms with van der Waals surface area (Å²) in [5, 5.41) is 5.22. The van der Waals surface area contributed by atoms with E-state index in [4.69, 9.17) is 0 Å². The van der Waals surface area contributed by atoms with Crippen LogP contribution in [0, 0.1) is 0 Å². The van der Waals surface area contributed by atoms with Crippen LogP contribution in [0.25, 0.3) is 44.2 Å². The molecule has 0 saturated carbocycles. The monoisotopic (exact) mass is 465 g/mol. The van der Waals surface area contributed by atoms with Gasteiger partial charge < -0.3 is 15.2 Å². The standard InChI is InChI=1S/C27H25N5O.C2H6/c1-32(2)14-13-29-27(33)19-10-8-18(9-11-19)21-6-3-7-23-26(21)22-15-24(30-17-25(22)31-23)20-5-4-12-28-16-20;1-2/h3-12,15-17,31H,13-14H2,1-2H3,(H,29,33);1-2H3. The van der Waals surface area contributed by atoms with Crippen molar-refractivity contribution in [3.63, 3.8) is 0 Å². The smallest absolute Gasteiger partial charge is 0.251 e. The van der Waals surface area contributed by atoms with Crippen molar-refractivity contribution in [3.8, 4) is 22.4 Å². The normalized spacial score (nSPS) is 10.9. The van der Waals surface area contributed by atoms with Crippen LogP contribution in [0.5, 0.6) is 0 Å². The minimum absolute atomic E-state index is 0.0547. The van der Waals surface area contributed by atoms with Gasteiger partial charge in [-0.2, -0.15) is 0 Å². The van der Waals surface area contributed by atoms with Crippen LogP contribution in [0.4, 0.5) is 0 Å². The van der Waals surface area contributed by atoms with Crippen molar-refractivity contribution in [3.05, 3.63) is 84.8 Å². The number of hydrogen-bond donors (Lipinski definition) is 2. The Morgan fingerprint density at radius 1 is 0.943 bits per heavy atom. The summed E-state index contributed by atoms with van der Waals surface area (Å²) in [5.41, 5.74) is 6.74. The molecule has 0 bridgehead atoms. The van der Waals surface area contributed by atoms with E-state index < -0.39 is 0 Å². The number of rotatable bonds is 6. The predicted octanol–water partition coefficient (Wildman–Crippen LogP) is 5.76.